The molecule has 0 radical (unpaired) electrons. The first-order chi connectivity index (χ1) is 11.5. The number of benzene rings is 2. The third kappa shape index (κ3) is 8.18. The van der Waals surface area contributed by atoms with Crippen molar-refractivity contribution in [2.24, 2.45) is 0 Å². The SMILES string of the molecule is C=O.COc1cccc(-c2ccc(C)cc2)c1.C[C@H](CS)N(C)C. The molecule has 0 aromatic heterocycles. The zero-order valence-corrected chi connectivity index (χ0v) is 16.2. The summed E-state index contributed by atoms with van der Waals surface area (Å²) in [5.41, 5.74) is 3.69. The summed E-state index contributed by atoms with van der Waals surface area (Å²) in [6.45, 7) is 6.24. The fourth-order valence-electron chi connectivity index (χ4n) is 1.71. The number of methoxy groups -OCH3 is 1. The minimum Gasteiger partial charge on any atom is -0.497 e. The number of hydrogen-bond acceptors (Lipinski definition) is 4. The van der Waals surface area contributed by atoms with E-state index in [9.17, 15) is 0 Å². The van der Waals surface area contributed by atoms with Crippen molar-refractivity contribution in [3.8, 4) is 16.9 Å². The highest BCUT2D eigenvalue weighted by Gasteiger charge is 1.98. The number of carbonyl (C=O) groups excluding carboxylic acids is 1. The Kier molecular flexibility index (Phi) is 11.7. The van der Waals surface area contributed by atoms with Crippen molar-refractivity contribution in [2.75, 3.05) is 27.0 Å². The summed E-state index contributed by atoms with van der Waals surface area (Å²) in [7, 11) is 5.80. The Bertz CT molecular complexity index is 570. The molecule has 0 spiro atoms. The second kappa shape index (κ2) is 12.6. The quantitative estimate of drug-likeness (QED) is 0.834. The Morgan fingerprint density at radius 2 is 1.67 bits per heavy atom. The molecular weight excluding hydrogens is 318 g/mol. The van der Waals surface area contributed by atoms with Gasteiger partial charge in [-0.1, -0.05) is 42.0 Å². The van der Waals surface area contributed by atoms with Gasteiger partial charge in [-0.05, 0) is 51.2 Å². The van der Waals surface area contributed by atoms with Crippen LogP contribution in [0, 0.1) is 6.92 Å². The summed E-state index contributed by atoms with van der Waals surface area (Å²) >= 11 is 4.11. The molecule has 24 heavy (non-hydrogen) atoms. The van der Waals surface area contributed by atoms with E-state index in [1.807, 2.05) is 25.0 Å². The maximum absolute atomic E-state index is 8.00. The van der Waals surface area contributed by atoms with Gasteiger partial charge in [-0.15, -0.1) is 0 Å². The molecule has 0 fully saturated rings. The molecule has 2 aromatic carbocycles. The van der Waals surface area contributed by atoms with Crippen LogP contribution in [0.15, 0.2) is 48.5 Å². The highest BCUT2D eigenvalue weighted by molar-refractivity contribution is 7.80. The molecule has 2 aromatic rings. The molecule has 132 valence electrons. The van der Waals surface area contributed by atoms with Gasteiger partial charge in [0.05, 0.1) is 7.11 Å². The predicted molar refractivity (Wildman–Crippen MR) is 107 cm³/mol. The van der Waals surface area contributed by atoms with Crippen LogP contribution in [0.1, 0.15) is 12.5 Å². The van der Waals surface area contributed by atoms with Crippen LogP contribution in [0.4, 0.5) is 0 Å². The fraction of sp³-hybridized carbons (Fsp3) is 0.350. The number of nitrogens with zero attached hydrogens (tertiary/aromatic N) is 1. The van der Waals surface area contributed by atoms with E-state index in [1.54, 1.807) is 7.11 Å². The number of rotatable bonds is 4. The average molecular weight is 348 g/mol. The third-order valence-corrected chi connectivity index (χ3v) is 4.13. The van der Waals surface area contributed by atoms with E-state index < -0.39 is 0 Å². The van der Waals surface area contributed by atoms with Crippen molar-refractivity contribution >= 4 is 19.4 Å². The van der Waals surface area contributed by atoms with Crippen LogP contribution in [-0.4, -0.2) is 44.7 Å². The fourth-order valence-corrected chi connectivity index (χ4v) is 2.04. The lowest BCUT2D eigenvalue weighted by Gasteiger charge is -2.15. The molecule has 2 rings (SSSR count). The standard InChI is InChI=1S/C14H14O.C5H13NS.CH2O/c1-11-6-8-12(9-7-11)13-4-3-5-14(10-13)15-2;1-5(4-7)6(2)3;1-2/h3-10H,1-2H3;5,7H,4H2,1-3H3;1H2/t;5-;/m.1./s1. The Labute approximate surface area is 152 Å². The Morgan fingerprint density at radius 3 is 2.08 bits per heavy atom. The summed E-state index contributed by atoms with van der Waals surface area (Å²) in [6.07, 6.45) is 0. The third-order valence-electron chi connectivity index (χ3n) is 3.60. The number of aryl methyl sites for hydroxylation is 1. The van der Waals surface area contributed by atoms with Crippen molar-refractivity contribution in [1.82, 2.24) is 4.90 Å². The van der Waals surface area contributed by atoms with Crippen LogP contribution < -0.4 is 4.74 Å². The van der Waals surface area contributed by atoms with Gasteiger partial charge in [0.2, 0.25) is 0 Å². The first kappa shape index (κ1) is 22.2. The normalized spacial score (nSPS) is 10.8. The highest BCUT2D eigenvalue weighted by Crippen LogP contribution is 2.23. The lowest BCUT2D eigenvalue weighted by atomic mass is 10.0. The van der Waals surface area contributed by atoms with Gasteiger partial charge < -0.3 is 14.4 Å². The maximum Gasteiger partial charge on any atom is 0.119 e. The largest absolute Gasteiger partial charge is 0.497 e. The molecular formula is C20H29NO2S. The summed E-state index contributed by atoms with van der Waals surface area (Å²) in [4.78, 5) is 10.1. The van der Waals surface area contributed by atoms with Crippen LogP contribution in [0.2, 0.25) is 0 Å². The summed E-state index contributed by atoms with van der Waals surface area (Å²) in [5, 5.41) is 0. The average Bonchev–Trinajstić information content (AvgIpc) is 2.63. The van der Waals surface area contributed by atoms with E-state index in [-0.39, 0.29) is 0 Å². The first-order valence-corrected chi connectivity index (χ1v) is 8.38. The monoisotopic (exact) mass is 347 g/mol. The molecule has 0 amide bonds. The number of ether oxygens (including phenoxy) is 1. The minimum absolute atomic E-state index is 0.600. The van der Waals surface area contributed by atoms with Gasteiger partial charge in [0.25, 0.3) is 0 Å². The van der Waals surface area contributed by atoms with E-state index in [0.717, 1.165) is 11.5 Å². The molecule has 0 aliphatic heterocycles. The molecule has 0 bridgehead atoms. The van der Waals surface area contributed by atoms with Crippen molar-refractivity contribution in [3.05, 3.63) is 54.1 Å². The van der Waals surface area contributed by atoms with Gasteiger partial charge >= 0.3 is 0 Å². The maximum atomic E-state index is 8.00. The van der Waals surface area contributed by atoms with Gasteiger partial charge in [0.15, 0.2) is 0 Å². The second-order valence-electron chi connectivity index (χ2n) is 5.59. The van der Waals surface area contributed by atoms with Gasteiger partial charge in [0, 0.05) is 11.8 Å². The smallest absolute Gasteiger partial charge is 0.119 e. The number of hydrogen-bond donors (Lipinski definition) is 1. The first-order valence-electron chi connectivity index (χ1n) is 7.75. The molecule has 0 unspecified atom stereocenters. The summed E-state index contributed by atoms with van der Waals surface area (Å²) in [5.74, 6) is 1.83. The molecule has 0 aliphatic rings. The highest BCUT2D eigenvalue weighted by atomic mass is 32.1. The number of thiol groups is 1. The molecule has 1 atom stereocenters. The van der Waals surface area contributed by atoms with Gasteiger partial charge in [-0.25, -0.2) is 0 Å². The van der Waals surface area contributed by atoms with Crippen molar-refractivity contribution in [1.29, 1.82) is 0 Å². The summed E-state index contributed by atoms with van der Waals surface area (Å²) in [6, 6.07) is 17.2. The topological polar surface area (TPSA) is 29.5 Å². The molecule has 0 N–H and O–H groups in total. The Morgan fingerprint density at radius 1 is 1.08 bits per heavy atom. The lowest BCUT2D eigenvalue weighted by Crippen LogP contribution is -2.25. The van der Waals surface area contributed by atoms with Crippen molar-refractivity contribution < 1.29 is 9.53 Å². The van der Waals surface area contributed by atoms with Crippen LogP contribution in [0.5, 0.6) is 5.75 Å². The molecule has 0 saturated heterocycles. The van der Waals surface area contributed by atoms with Crippen molar-refractivity contribution in [3.63, 3.8) is 0 Å². The Balaban J connectivity index is 0.000000501. The van der Waals surface area contributed by atoms with Crippen molar-refractivity contribution in [2.45, 2.75) is 19.9 Å². The number of carbonyl (C=O) groups is 1. The predicted octanol–water partition coefficient (Wildman–Crippen LogP) is 4.35. The molecule has 0 aliphatic carbocycles. The molecule has 4 heteroatoms. The van der Waals surface area contributed by atoms with Crippen LogP contribution in [0.25, 0.3) is 11.1 Å². The van der Waals surface area contributed by atoms with E-state index in [4.69, 9.17) is 9.53 Å². The molecule has 0 saturated carbocycles. The van der Waals surface area contributed by atoms with Crippen LogP contribution in [-0.2, 0) is 4.79 Å². The van der Waals surface area contributed by atoms with E-state index in [2.05, 4.69) is 75.8 Å². The molecule has 0 heterocycles. The summed E-state index contributed by atoms with van der Waals surface area (Å²) < 4.78 is 5.20. The second-order valence-corrected chi connectivity index (χ2v) is 5.96. The van der Waals surface area contributed by atoms with E-state index in [0.29, 0.717) is 6.04 Å². The van der Waals surface area contributed by atoms with Gasteiger partial charge in [0.1, 0.15) is 12.5 Å². The Hall–Kier alpha value is -1.78. The van der Waals surface area contributed by atoms with Gasteiger partial charge in [-0.3, -0.25) is 0 Å². The van der Waals surface area contributed by atoms with Gasteiger partial charge in [-0.2, -0.15) is 12.6 Å². The zero-order chi connectivity index (χ0) is 18.5. The van der Waals surface area contributed by atoms with E-state index in [1.165, 1.54) is 16.7 Å². The molecule has 3 nitrogen and oxygen atoms in total. The zero-order valence-electron chi connectivity index (χ0n) is 15.3. The lowest BCUT2D eigenvalue weighted by molar-refractivity contribution is -0.0979. The van der Waals surface area contributed by atoms with Crippen LogP contribution >= 0.6 is 12.6 Å². The van der Waals surface area contributed by atoms with Crippen LogP contribution in [0.3, 0.4) is 0 Å². The van der Waals surface area contributed by atoms with E-state index >= 15 is 0 Å². The minimum atomic E-state index is 0.600.